The maximum Gasteiger partial charge on any atom is 0.153 e. The molecule has 1 aromatic carbocycles. The highest BCUT2D eigenvalue weighted by Gasteiger charge is 2.14. The number of hydrogen-bond acceptors (Lipinski definition) is 4. The molecule has 108 valence electrons. The molecule has 21 heavy (non-hydrogen) atoms. The van der Waals surface area contributed by atoms with Crippen molar-refractivity contribution in [2.45, 2.75) is 6.04 Å². The number of halogens is 2. The molecular weight excluding hydrogens is 400 g/mol. The summed E-state index contributed by atoms with van der Waals surface area (Å²) in [5.74, 6) is 0.670. The molecule has 0 saturated heterocycles. The van der Waals surface area contributed by atoms with Crippen LogP contribution in [0.4, 0.5) is 5.82 Å². The number of aromatic nitrogens is 3. The molecule has 3 aromatic rings. The number of aliphatic hydroxyl groups excluding tert-OH is 1. The lowest BCUT2D eigenvalue weighted by atomic mass is 10.1. The molecule has 0 aliphatic carbocycles. The molecule has 0 bridgehead atoms. The van der Waals surface area contributed by atoms with Crippen LogP contribution >= 0.6 is 31.9 Å². The van der Waals surface area contributed by atoms with Gasteiger partial charge >= 0.3 is 0 Å². The predicted molar refractivity (Wildman–Crippen MR) is 88.3 cm³/mol. The molecule has 5 nitrogen and oxygen atoms in total. The molecule has 0 saturated carbocycles. The zero-order valence-corrected chi connectivity index (χ0v) is 14.0. The second-order valence-corrected chi connectivity index (χ2v) is 6.26. The Morgan fingerprint density at radius 1 is 1.24 bits per heavy atom. The molecule has 1 unspecified atom stereocenters. The third-order valence-corrected chi connectivity index (χ3v) is 4.26. The zero-order valence-electron chi connectivity index (χ0n) is 10.9. The Bertz CT molecular complexity index is 757. The molecule has 2 heterocycles. The monoisotopic (exact) mass is 410 g/mol. The van der Waals surface area contributed by atoms with Gasteiger partial charge in [-0.05, 0) is 33.6 Å². The number of hydrogen-bond donors (Lipinski definition) is 2. The summed E-state index contributed by atoms with van der Waals surface area (Å²) in [6.45, 7) is -0.0316. The summed E-state index contributed by atoms with van der Waals surface area (Å²) in [5, 5.41) is 17.2. The first-order valence-corrected chi connectivity index (χ1v) is 7.88. The van der Waals surface area contributed by atoms with Crippen molar-refractivity contribution in [2.24, 2.45) is 0 Å². The molecule has 2 N–H and O–H groups in total. The first kappa shape index (κ1) is 14.5. The molecule has 7 heteroatoms. The van der Waals surface area contributed by atoms with Gasteiger partial charge < -0.3 is 10.4 Å². The molecular formula is C14H12Br2N4O. The topological polar surface area (TPSA) is 62.5 Å². The highest BCUT2D eigenvalue weighted by molar-refractivity contribution is 9.11. The van der Waals surface area contributed by atoms with E-state index < -0.39 is 0 Å². The lowest BCUT2D eigenvalue weighted by Crippen LogP contribution is -2.16. The van der Waals surface area contributed by atoms with E-state index in [1.165, 1.54) is 0 Å². The average molecular weight is 412 g/mol. The molecule has 0 aliphatic rings. The van der Waals surface area contributed by atoms with Gasteiger partial charge in [0.1, 0.15) is 5.52 Å². The number of anilines is 1. The van der Waals surface area contributed by atoms with E-state index in [0.29, 0.717) is 5.82 Å². The van der Waals surface area contributed by atoms with E-state index in [1.54, 1.807) is 23.1 Å². The standard InChI is InChI=1S/C14H12Br2N4O/c15-10-3-1-9(2-4-10)12(8-21)19-14-13-11(16)7-18-20(13)6-5-17-14/h1-7,12,21H,8H2,(H,17,19). The van der Waals surface area contributed by atoms with Crippen molar-refractivity contribution in [3.63, 3.8) is 0 Å². The van der Waals surface area contributed by atoms with Crippen molar-refractivity contribution >= 4 is 43.2 Å². The summed E-state index contributed by atoms with van der Waals surface area (Å²) < 4.78 is 3.59. The van der Waals surface area contributed by atoms with Gasteiger partial charge in [-0.15, -0.1) is 0 Å². The zero-order chi connectivity index (χ0) is 14.8. The number of aliphatic hydroxyl groups is 1. The van der Waals surface area contributed by atoms with Crippen LogP contribution in [0.25, 0.3) is 5.52 Å². The van der Waals surface area contributed by atoms with Crippen molar-refractivity contribution < 1.29 is 5.11 Å². The van der Waals surface area contributed by atoms with Gasteiger partial charge in [0, 0.05) is 16.9 Å². The molecule has 3 rings (SSSR count). The quantitative estimate of drug-likeness (QED) is 0.690. The van der Waals surface area contributed by atoms with Crippen molar-refractivity contribution in [3.05, 3.63) is 57.4 Å². The van der Waals surface area contributed by atoms with Crippen molar-refractivity contribution in [2.75, 3.05) is 11.9 Å². The summed E-state index contributed by atoms with van der Waals surface area (Å²) in [5.41, 5.74) is 1.83. The Kier molecular flexibility index (Phi) is 4.23. The lowest BCUT2D eigenvalue weighted by Gasteiger charge is -2.18. The third kappa shape index (κ3) is 2.95. The van der Waals surface area contributed by atoms with E-state index in [1.807, 2.05) is 24.3 Å². The van der Waals surface area contributed by atoms with Crippen molar-refractivity contribution in [1.29, 1.82) is 0 Å². The average Bonchev–Trinajstić information content (AvgIpc) is 2.88. The second-order valence-electron chi connectivity index (χ2n) is 4.49. The summed E-state index contributed by atoms with van der Waals surface area (Å²) >= 11 is 6.87. The molecule has 0 amide bonds. The van der Waals surface area contributed by atoms with Gasteiger partial charge in [0.2, 0.25) is 0 Å². The van der Waals surface area contributed by atoms with Crippen LogP contribution in [-0.2, 0) is 0 Å². The largest absolute Gasteiger partial charge is 0.394 e. The minimum atomic E-state index is -0.237. The van der Waals surface area contributed by atoms with Crippen molar-refractivity contribution in [3.8, 4) is 0 Å². The summed E-state index contributed by atoms with van der Waals surface area (Å²) in [4.78, 5) is 4.35. The molecule has 0 radical (unpaired) electrons. The summed E-state index contributed by atoms with van der Waals surface area (Å²) in [7, 11) is 0. The summed E-state index contributed by atoms with van der Waals surface area (Å²) in [6.07, 6.45) is 5.17. The Hall–Kier alpha value is -1.44. The van der Waals surface area contributed by atoms with Crippen LogP contribution in [0, 0.1) is 0 Å². The molecule has 0 aliphatic heterocycles. The molecule has 1 atom stereocenters. The number of nitrogens with one attached hydrogen (secondary N) is 1. The van der Waals surface area contributed by atoms with Crippen LogP contribution in [-0.4, -0.2) is 26.3 Å². The van der Waals surface area contributed by atoms with Crippen LogP contribution in [0.15, 0.2) is 51.8 Å². The SMILES string of the molecule is OCC(Nc1nccn2ncc(Br)c12)c1ccc(Br)cc1. The Labute approximate surface area is 138 Å². The fraction of sp³-hybridized carbons (Fsp3) is 0.143. The number of fused-ring (bicyclic) bond motifs is 1. The van der Waals surface area contributed by atoms with Crippen LogP contribution in [0.2, 0.25) is 0 Å². The van der Waals surface area contributed by atoms with E-state index in [-0.39, 0.29) is 12.6 Å². The normalized spacial score (nSPS) is 12.5. The summed E-state index contributed by atoms with van der Waals surface area (Å²) in [6, 6.07) is 7.58. The van der Waals surface area contributed by atoms with Crippen LogP contribution in [0.5, 0.6) is 0 Å². The third-order valence-electron chi connectivity index (χ3n) is 3.15. The fourth-order valence-electron chi connectivity index (χ4n) is 2.11. The van der Waals surface area contributed by atoms with E-state index in [2.05, 4.69) is 47.3 Å². The Morgan fingerprint density at radius 3 is 2.71 bits per heavy atom. The first-order valence-electron chi connectivity index (χ1n) is 6.29. The van der Waals surface area contributed by atoms with E-state index in [0.717, 1.165) is 20.0 Å². The maximum absolute atomic E-state index is 9.67. The van der Waals surface area contributed by atoms with Gasteiger partial charge in [-0.1, -0.05) is 28.1 Å². The van der Waals surface area contributed by atoms with E-state index in [4.69, 9.17) is 0 Å². The van der Waals surface area contributed by atoms with E-state index in [9.17, 15) is 5.11 Å². The smallest absolute Gasteiger partial charge is 0.153 e. The Morgan fingerprint density at radius 2 is 2.00 bits per heavy atom. The second kappa shape index (κ2) is 6.13. The maximum atomic E-state index is 9.67. The highest BCUT2D eigenvalue weighted by Crippen LogP contribution is 2.27. The van der Waals surface area contributed by atoms with Gasteiger partial charge in [-0.3, -0.25) is 0 Å². The molecule has 0 fully saturated rings. The predicted octanol–water partition coefficient (Wildman–Crippen LogP) is 3.40. The fourth-order valence-corrected chi connectivity index (χ4v) is 2.83. The molecule has 0 spiro atoms. The lowest BCUT2D eigenvalue weighted by molar-refractivity contribution is 0.276. The minimum absolute atomic E-state index is 0.0316. The number of benzene rings is 1. The first-order chi connectivity index (χ1) is 10.2. The van der Waals surface area contributed by atoms with Gasteiger partial charge in [0.05, 0.1) is 23.3 Å². The number of nitrogens with zero attached hydrogens (tertiary/aromatic N) is 3. The van der Waals surface area contributed by atoms with Gasteiger partial charge in [0.15, 0.2) is 5.82 Å². The van der Waals surface area contributed by atoms with Gasteiger partial charge in [-0.2, -0.15) is 5.10 Å². The van der Waals surface area contributed by atoms with Crippen molar-refractivity contribution in [1.82, 2.24) is 14.6 Å². The minimum Gasteiger partial charge on any atom is -0.394 e. The van der Waals surface area contributed by atoms with Gasteiger partial charge in [0.25, 0.3) is 0 Å². The van der Waals surface area contributed by atoms with E-state index >= 15 is 0 Å². The van der Waals surface area contributed by atoms with Crippen LogP contribution < -0.4 is 5.32 Å². The van der Waals surface area contributed by atoms with Gasteiger partial charge in [-0.25, -0.2) is 9.50 Å². The molecule has 2 aromatic heterocycles. The highest BCUT2D eigenvalue weighted by atomic mass is 79.9. The Balaban J connectivity index is 1.96. The van der Waals surface area contributed by atoms with Crippen LogP contribution in [0.3, 0.4) is 0 Å². The van der Waals surface area contributed by atoms with Crippen LogP contribution in [0.1, 0.15) is 11.6 Å². The number of rotatable bonds is 4.